The van der Waals surface area contributed by atoms with Crippen molar-refractivity contribution < 1.29 is 14.3 Å². The summed E-state index contributed by atoms with van der Waals surface area (Å²) >= 11 is 0. The summed E-state index contributed by atoms with van der Waals surface area (Å²) in [6.45, 7) is 1.28. The molecule has 0 atom stereocenters. The second kappa shape index (κ2) is 7.55. The third-order valence-electron chi connectivity index (χ3n) is 5.21. The molecule has 150 valence electrons. The van der Waals surface area contributed by atoms with Gasteiger partial charge in [-0.25, -0.2) is 0 Å². The molecule has 2 heterocycles. The van der Waals surface area contributed by atoms with Crippen molar-refractivity contribution in [1.82, 2.24) is 4.57 Å². The lowest BCUT2D eigenvalue weighted by atomic mass is 10.1. The van der Waals surface area contributed by atoms with Crippen molar-refractivity contribution in [3.05, 3.63) is 77.0 Å². The van der Waals surface area contributed by atoms with Crippen LogP contribution in [0.4, 0.5) is 5.69 Å². The monoisotopic (exact) mass is 400 g/mol. The number of fused-ring (bicyclic) bond motifs is 3. The van der Waals surface area contributed by atoms with E-state index in [-0.39, 0.29) is 17.9 Å². The van der Waals surface area contributed by atoms with Gasteiger partial charge in [0.05, 0.1) is 24.2 Å². The average molecular weight is 400 g/mol. The SMILES string of the molecule is O=C(Cn1c2ccccc2c(=O)c2ccccc21)Nc1ccc2c(c1)OCCCO2. The van der Waals surface area contributed by atoms with E-state index in [2.05, 4.69) is 5.32 Å². The molecule has 0 saturated carbocycles. The van der Waals surface area contributed by atoms with Gasteiger partial charge >= 0.3 is 0 Å². The highest BCUT2D eigenvalue weighted by molar-refractivity contribution is 5.97. The predicted octanol–water partition coefficient (Wildman–Crippen LogP) is 3.95. The lowest BCUT2D eigenvalue weighted by Crippen LogP contribution is -2.21. The van der Waals surface area contributed by atoms with Crippen molar-refractivity contribution >= 4 is 33.4 Å². The number of amides is 1. The van der Waals surface area contributed by atoms with Crippen LogP contribution in [0.2, 0.25) is 0 Å². The summed E-state index contributed by atoms with van der Waals surface area (Å²) in [5.74, 6) is 1.12. The number of hydrogen-bond acceptors (Lipinski definition) is 4. The number of carbonyl (C=O) groups is 1. The minimum absolute atomic E-state index is 0.0271. The summed E-state index contributed by atoms with van der Waals surface area (Å²) in [5.41, 5.74) is 2.07. The zero-order valence-corrected chi connectivity index (χ0v) is 16.3. The molecule has 6 heteroatoms. The summed E-state index contributed by atoms with van der Waals surface area (Å²) in [6.07, 6.45) is 0.822. The zero-order valence-electron chi connectivity index (χ0n) is 16.3. The third-order valence-corrected chi connectivity index (χ3v) is 5.21. The number of rotatable bonds is 3. The van der Waals surface area contributed by atoms with Crippen LogP contribution in [0.5, 0.6) is 11.5 Å². The summed E-state index contributed by atoms with van der Waals surface area (Å²) in [7, 11) is 0. The van der Waals surface area contributed by atoms with Crippen LogP contribution in [0.1, 0.15) is 6.42 Å². The number of nitrogens with one attached hydrogen (secondary N) is 1. The molecule has 1 aromatic heterocycles. The second-order valence-electron chi connectivity index (χ2n) is 7.21. The summed E-state index contributed by atoms with van der Waals surface area (Å²) in [4.78, 5) is 25.7. The first-order valence-corrected chi connectivity index (χ1v) is 9.90. The first-order valence-electron chi connectivity index (χ1n) is 9.90. The van der Waals surface area contributed by atoms with Crippen LogP contribution < -0.4 is 20.2 Å². The first kappa shape index (κ1) is 18.2. The fourth-order valence-corrected chi connectivity index (χ4v) is 3.83. The predicted molar refractivity (Wildman–Crippen MR) is 116 cm³/mol. The number of aromatic nitrogens is 1. The molecule has 1 aliphatic heterocycles. The van der Waals surface area contributed by atoms with Crippen LogP contribution in [0.3, 0.4) is 0 Å². The number of para-hydroxylation sites is 2. The average Bonchev–Trinajstić information content (AvgIpc) is 3.02. The molecule has 5 rings (SSSR count). The van der Waals surface area contributed by atoms with Crippen LogP contribution >= 0.6 is 0 Å². The first-order chi connectivity index (χ1) is 14.7. The van der Waals surface area contributed by atoms with Gasteiger partial charge in [0, 0.05) is 28.9 Å². The van der Waals surface area contributed by atoms with Crippen molar-refractivity contribution in [2.45, 2.75) is 13.0 Å². The van der Waals surface area contributed by atoms with E-state index in [1.807, 2.05) is 41.0 Å². The molecule has 3 aromatic carbocycles. The second-order valence-corrected chi connectivity index (χ2v) is 7.21. The van der Waals surface area contributed by atoms with Crippen LogP contribution in [-0.2, 0) is 11.3 Å². The van der Waals surface area contributed by atoms with Crippen molar-refractivity contribution in [3.63, 3.8) is 0 Å². The molecule has 30 heavy (non-hydrogen) atoms. The summed E-state index contributed by atoms with van der Waals surface area (Å²) < 4.78 is 13.2. The summed E-state index contributed by atoms with van der Waals surface area (Å²) in [5, 5.41) is 4.13. The van der Waals surface area contributed by atoms with Crippen LogP contribution in [-0.4, -0.2) is 23.7 Å². The van der Waals surface area contributed by atoms with Gasteiger partial charge in [0.15, 0.2) is 16.9 Å². The molecule has 0 unspecified atom stereocenters. The van der Waals surface area contributed by atoms with E-state index < -0.39 is 0 Å². The number of nitrogens with zero attached hydrogens (tertiary/aromatic N) is 1. The Labute approximate surface area is 172 Å². The fourth-order valence-electron chi connectivity index (χ4n) is 3.83. The molecule has 0 aliphatic carbocycles. The number of hydrogen-bond donors (Lipinski definition) is 1. The quantitative estimate of drug-likeness (QED) is 0.529. The number of ether oxygens (including phenoxy) is 2. The Balaban J connectivity index is 1.50. The minimum Gasteiger partial charge on any atom is -0.490 e. The lowest BCUT2D eigenvalue weighted by Gasteiger charge is -2.15. The van der Waals surface area contributed by atoms with Gasteiger partial charge < -0.3 is 19.4 Å². The maximum atomic E-state index is 12.9. The highest BCUT2D eigenvalue weighted by atomic mass is 16.5. The van der Waals surface area contributed by atoms with Crippen molar-refractivity contribution in [1.29, 1.82) is 0 Å². The van der Waals surface area contributed by atoms with Crippen LogP contribution in [0.25, 0.3) is 21.8 Å². The van der Waals surface area contributed by atoms with Gasteiger partial charge in [-0.05, 0) is 36.4 Å². The Kier molecular flexibility index (Phi) is 4.59. The molecule has 1 N–H and O–H groups in total. The van der Waals surface area contributed by atoms with Gasteiger partial charge in [0.2, 0.25) is 5.91 Å². The van der Waals surface area contributed by atoms with Crippen LogP contribution in [0.15, 0.2) is 71.5 Å². The van der Waals surface area contributed by atoms with E-state index in [4.69, 9.17) is 9.47 Å². The van der Waals surface area contributed by atoms with E-state index in [0.717, 1.165) is 17.5 Å². The minimum atomic E-state index is -0.191. The summed E-state index contributed by atoms with van der Waals surface area (Å²) in [6, 6.07) is 20.1. The maximum Gasteiger partial charge on any atom is 0.244 e. The van der Waals surface area contributed by atoms with E-state index in [1.165, 1.54) is 0 Å². The van der Waals surface area contributed by atoms with E-state index in [1.54, 1.807) is 30.3 Å². The van der Waals surface area contributed by atoms with E-state index >= 15 is 0 Å². The highest BCUT2D eigenvalue weighted by Crippen LogP contribution is 2.32. The molecular formula is C24H20N2O4. The van der Waals surface area contributed by atoms with Gasteiger partial charge in [-0.2, -0.15) is 0 Å². The third kappa shape index (κ3) is 3.26. The molecule has 6 nitrogen and oxygen atoms in total. The van der Waals surface area contributed by atoms with Crippen LogP contribution in [0, 0.1) is 0 Å². The topological polar surface area (TPSA) is 69.6 Å². The van der Waals surface area contributed by atoms with Crippen molar-refractivity contribution in [2.75, 3.05) is 18.5 Å². The smallest absolute Gasteiger partial charge is 0.244 e. The number of carbonyl (C=O) groups excluding carboxylic acids is 1. The Morgan fingerprint density at radius 3 is 2.20 bits per heavy atom. The molecule has 0 radical (unpaired) electrons. The largest absolute Gasteiger partial charge is 0.490 e. The van der Waals surface area contributed by atoms with E-state index in [9.17, 15) is 9.59 Å². The zero-order chi connectivity index (χ0) is 20.5. The molecule has 1 amide bonds. The Bertz CT molecular complexity index is 1270. The molecule has 0 fully saturated rings. The number of anilines is 1. The van der Waals surface area contributed by atoms with Crippen molar-refractivity contribution in [2.24, 2.45) is 0 Å². The standard InChI is InChI=1S/C24H20N2O4/c27-23(25-16-10-11-21-22(14-16)30-13-5-12-29-21)15-26-19-8-3-1-6-17(19)24(28)18-7-2-4-9-20(18)26/h1-4,6-11,14H,5,12-13,15H2,(H,25,27). The van der Waals surface area contributed by atoms with E-state index in [0.29, 0.717) is 41.2 Å². The Hall–Kier alpha value is -3.80. The number of pyridine rings is 1. The number of benzene rings is 3. The van der Waals surface area contributed by atoms with Gasteiger partial charge in [-0.1, -0.05) is 24.3 Å². The van der Waals surface area contributed by atoms with Gasteiger partial charge in [0.1, 0.15) is 6.54 Å². The highest BCUT2D eigenvalue weighted by Gasteiger charge is 2.15. The van der Waals surface area contributed by atoms with Crippen molar-refractivity contribution in [3.8, 4) is 11.5 Å². The molecule has 0 spiro atoms. The maximum absolute atomic E-state index is 12.9. The lowest BCUT2D eigenvalue weighted by molar-refractivity contribution is -0.116. The Morgan fingerprint density at radius 2 is 1.50 bits per heavy atom. The normalized spacial score (nSPS) is 13.2. The van der Waals surface area contributed by atoms with Gasteiger partial charge in [-0.15, -0.1) is 0 Å². The molecule has 4 aromatic rings. The van der Waals surface area contributed by atoms with Gasteiger partial charge in [-0.3, -0.25) is 9.59 Å². The fraction of sp³-hybridized carbons (Fsp3) is 0.167. The molecular weight excluding hydrogens is 380 g/mol. The molecule has 1 aliphatic rings. The van der Waals surface area contributed by atoms with Gasteiger partial charge in [0.25, 0.3) is 0 Å². The molecule has 0 bridgehead atoms. The molecule has 0 saturated heterocycles. The Morgan fingerprint density at radius 1 is 0.867 bits per heavy atom.